The molecule has 3 heterocycles. The van der Waals surface area contributed by atoms with Crippen LogP contribution < -0.4 is 14.5 Å². The number of fused-ring (bicyclic) bond motifs is 6. The molecule has 3 aromatic carbocycles. The van der Waals surface area contributed by atoms with Gasteiger partial charge < -0.3 is 24.0 Å². The highest BCUT2D eigenvalue weighted by Gasteiger charge is 2.55. The summed E-state index contributed by atoms with van der Waals surface area (Å²) >= 11 is 5.73. The van der Waals surface area contributed by atoms with Crippen molar-refractivity contribution in [2.24, 2.45) is 0 Å². The summed E-state index contributed by atoms with van der Waals surface area (Å²) in [4.78, 5) is 20.8. The van der Waals surface area contributed by atoms with E-state index in [4.69, 9.17) is 25.8 Å². The molecule has 48 heavy (non-hydrogen) atoms. The number of anilines is 2. The molecule has 0 unspecified atom stereocenters. The van der Waals surface area contributed by atoms with Gasteiger partial charge in [0.25, 0.3) is 0 Å². The number of Topliss-reactive ketones (excluding diaryl/α,β-unsaturated/α-hetero) is 1. The summed E-state index contributed by atoms with van der Waals surface area (Å²) in [6, 6.07) is 18.8. The van der Waals surface area contributed by atoms with Crippen LogP contribution in [0.1, 0.15) is 71.1 Å². The predicted octanol–water partition coefficient (Wildman–Crippen LogP) is 7.03. The highest BCUT2D eigenvalue weighted by atomic mass is 35.5. The number of unbranched alkanes of at least 4 members (excludes halogenated alkanes) is 3. The monoisotopic (exact) mass is 670 g/mol. The minimum absolute atomic E-state index is 0.0908. The molecule has 2 fully saturated rings. The lowest BCUT2D eigenvalue weighted by atomic mass is 9.67. The van der Waals surface area contributed by atoms with Crippen LogP contribution in [-0.4, -0.2) is 88.5 Å². The molecule has 1 N–H and O–H groups in total. The Hall–Kier alpha value is -3.43. The van der Waals surface area contributed by atoms with E-state index in [1.165, 1.54) is 12.8 Å². The Labute approximate surface area is 289 Å². The normalized spacial score (nSPS) is 17.2. The highest BCUT2D eigenvalue weighted by molar-refractivity contribution is 6.53. The zero-order chi connectivity index (χ0) is 33.1. The molecule has 2 saturated heterocycles. The Balaban J connectivity index is 1.10. The van der Waals surface area contributed by atoms with Gasteiger partial charge in [0.2, 0.25) is 5.78 Å². The quantitative estimate of drug-likeness (QED) is 0.130. The van der Waals surface area contributed by atoms with E-state index in [9.17, 15) is 10.2 Å². The van der Waals surface area contributed by atoms with Gasteiger partial charge in [-0.3, -0.25) is 15.1 Å². The molecule has 7 rings (SSSR count). The molecule has 0 aromatic heterocycles. The van der Waals surface area contributed by atoms with E-state index < -0.39 is 5.41 Å². The number of ketones is 1. The van der Waals surface area contributed by atoms with Crippen LogP contribution in [0.15, 0.2) is 54.6 Å². The van der Waals surface area contributed by atoms with Gasteiger partial charge in [0, 0.05) is 92.0 Å². The van der Waals surface area contributed by atoms with E-state index in [0.717, 1.165) is 116 Å². The maximum atomic E-state index is 13.9. The number of hydrogen-bond acceptors (Lipinski definition) is 8. The zero-order valence-corrected chi connectivity index (χ0v) is 28.8. The number of halogens is 1. The molecule has 0 saturated carbocycles. The summed E-state index contributed by atoms with van der Waals surface area (Å²) in [5.41, 5.74) is 5.61. The molecule has 0 atom stereocenters. The Kier molecular flexibility index (Phi) is 10.1. The van der Waals surface area contributed by atoms with E-state index in [2.05, 4.69) is 64.2 Å². The molecule has 0 radical (unpaired) electrons. The number of ether oxygens (including phenoxy) is 3. The predicted molar refractivity (Wildman–Crippen MR) is 192 cm³/mol. The molecule has 0 amide bonds. The number of carbonyl (C=O) groups excluding carboxylic acids is 1. The fourth-order valence-electron chi connectivity index (χ4n) is 7.40. The van der Waals surface area contributed by atoms with Gasteiger partial charge in [-0.25, -0.2) is 0 Å². The molecule has 3 aliphatic heterocycles. The van der Waals surface area contributed by atoms with Gasteiger partial charge in [0.05, 0.1) is 30.9 Å². The van der Waals surface area contributed by atoms with Crippen molar-refractivity contribution in [3.05, 3.63) is 82.4 Å². The van der Waals surface area contributed by atoms with Crippen LogP contribution >= 0.6 is 11.6 Å². The molecule has 9 heteroatoms. The van der Waals surface area contributed by atoms with Crippen molar-refractivity contribution < 1.29 is 19.0 Å². The van der Waals surface area contributed by atoms with Crippen LogP contribution in [0.5, 0.6) is 11.5 Å². The lowest BCUT2D eigenvalue weighted by molar-refractivity contribution is 0.0391. The molecular formula is C39H47ClN4O4. The van der Waals surface area contributed by atoms with Gasteiger partial charge in [-0.2, -0.15) is 0 Å². The summed E-state index contributed by atoms with van der Waals surface area (Å²) in [6.45, 7) is 8.17. The van der Waals surface area contributed by atoms with Crippen molar-refractivity contribution >= 4 is 34.5 Å². The van der Waals surface area contributed by atoms with Crippen LogP contribution in [0.4, 0.5) is 11.4 Å². The molecule has 3 aromatic rings. The number of carbonyl (C=O) groups is 1. The van der Waals surface area contributed by atoms with E-state index in [1.54, 1.807) is 0 Å². The maximum Gasteiger partial charge on any atom is 0.208 e. The van der Waals surface area contributed by atoms with Crippen molar-refractivity contribution in [2.75, 3.05) is 81.9 Å². The standard InChI is InChI=1S/C39H47ClN4O4/c1-42(19-21-47-23-22-46-20-5-3-2-4-14-40)27-28-8-11-31-34(24-28)39(38(41)37(31)45)32-12-9-29(43-15-6-16-43)25-35(32)48-36-26-30(10-13-33(36)39)44-17-7-18-44/h8-13,24-26,41H,2-7,14-23,27H2,1H3. The van der Waals surface area contributed by atoms with Crippen molar-refractivity contribution in [2.45, 2.75) is 50.5 Å². The lowest BCUT2D eigenvalue weighted by Crippen LogP contribution is -2.40. The first-order valence-corrected chi connectivity index (χ1v) is 18.2. The Morgan fingerprint density at radius 1 is 0.792 bits per heavy atom. The summed E-state index contributed by atoms with van der Waals surface area (Å²) in [5.74, 6) is 1.98. The topological polar surface area (TPSA) is 78.3 Å². The molecule has 8 nitrogen and oxygen atoms in total. The largest absolute Gasteiger partial charge is 0.457 e. The van der Waals surface area contributed by atoms with E-state index >= 15 is 0 Å². The average Bonchev–Trinajstić information content (AvgIpc) is 3.24. The Bertz CT molecular complexity index is 1590. The number of benzene rings is 3. The molecular weight excluding hydrogens is 624 g/mol. The van der Waals surface area contributed by atoms with E-state index in [-0.39, 0.29) is 11.5 Å². The van der Waals surface area contributed by atoms with Crippen molar-refractivity contribution in [1.82, 2.24) is 4.90 Å². The van der Waals surface area contributed by atoms with E-state index in [0.29, 0.717) is 31.9 Å². The third kappa shape index (κ3) is 6.24. The van der Waals surface area contributed by atoms with Gasteiger partial charge >= 0.3 is 0 Å². The molecule has 4 aliphatic rings. The smallest absolute Gasteiger partial charge is 0.208 e. The first kappa shape index (κ1) is 33.1. The molecule has 0 bridgehead atoms. The second-order valence-corrected chi connectivity index (χ2v) is 13.9. The fraction of sp³-hybridized carbons (Fsp3) is 0.487. The molecule has 254 valence electrons. The van der Waals surface area contributed by atoms with Crippen molar-refractivity contribution in [1.29, 1.82) is 5.41 Å². The highest BCUT2D eigenvalue weighted by Crippen LogP contribution is 2.57. The van der Waals surface area contributed by atoms with Crippen LogP contribution in [0, 0.1) is 5.41 Å². The van der Waals surface area contributed by atoms with Crippen LogP contribution in [-0.2, 0) is 21.4 Å². The van der Waals surface area contributed by atoms with Crippen LogP contribution in [0.25, 0.3) is 0 Å². The number of nitrogens with one attached hydrogen (secondary N) is 1. The summed E-state index contributed by atoms with van der Waals surface area (Å²) in [6.07, 6.45) is 6.82. The SMILES string of the molecule is CN(CCOCCOCCCCCCCl)Cc1ccc2c(c1)C1(C(=N)C2=O)c2ccc(N3CCC3)cc2Oc2cc(N3CCC3)ccc21. The number of rotatable bonds is 16. The third-order valence-corrected chi connectivity index (χ3v) is 10.6. The summed E-state index contributed by atoms with van der Waals surface area (Å²) in [5, 5.41) is 9.47. The second kappa shape index (κ2) is 14.6. The number of hydrogen-bond donors (Lipinski definition) is 1. The van der Waals surface area contributed by atoms with Gasteiger partial charge in [-0.15, -0.1) is 11.6 Å². The third-order valence-electron chi connectivity index (χ3n) is 10.3. The average molecular weight is 671 g/mol. The minimum Gasteiger partial charge on any atom is -0.457 e. The first-order chi connectivity index (χ1) is 23.5. The number of nitrogens with zero attached hydrogens (tertiary/aromatic N) is 3. The molecule has 1 spiro atoms. The lowest BCUT2D eigenvalue weighted by Gasteiger charge is -2.40. The van der Waals surface area contributed by atoms with Gasteiger partial charge in [0.1, 0.15) is 11.5 Å². The molecule has 1 aliphatic carbocycles. The Morgan fingerprint density at radius 3 is 2.02 bits per heavy atom. The maximum absolute atomic E-state index is 13.9. The zero-order valence-electron chi connectivity index (χ0n) is 28.1. The summed E-state index contributed by atoms with van der Waals surface area (Å²) in [7, 11) is 2.09. The van der Waals surface area contributed by atoms with Crippen molar-refractivity contribution in [3.8, 4) is 11.5 Å². The second-order valence-electron chi connectivity index (χ2n) is 13.5. The van der Waals surface area contributed by atoms with Gasteiger partial charge in [-0.05, 0) is 56.0 Å². The van der Waals surface area contributed by atoms with Gasteiger partial charge in [-0.1, -0.05) is 43.2 Å². The van der Waals surface area contributed by atoms with E-state index in [1.807, 2.05) is 12.1 Å². The fourth-order valence-corrected chi connectivity index (χ4v) is 7.59. The van der Waals surface area contributed by atoms with Crippen molar-refractivity contribution in [3.63, 3.8) is 0 Å². The Morgan fingerprint density at radius 2 is 1.42 bits per heavy atom. The minimum atomic E-state index is -1.03. The van der Waals surface area contributed by atoms with Gasteiger partial charge in [0.15, 0.2) is 0 Å². The van der Waals surface area contributed by atoms with Crippen LogP contribution in [0.3, 0.4) is 0 Å². The van der Waals surface area contributed by atoms with Crippen LogP contribution in [0.2, 0.25) is 0 Å². The summed E-state index contributed by atoms with van der Waals surface area (Å²) < 4.78 is 18.2. The number of likely N-dealkylation sites (N-methyl/N-ethyl adjacent to an activating group) is 1. The first-order valence-electron chi connectivity index (χ1n) is 17.6. The number of alkyl halides is 1.